The summed E-state index contributed by atoms with van der Waals surface area (Å²) in [5.41, 5.74) is 1.88. The zero-order valence-corrected chi connectivity index (χ0v) is 13.9. The summed E-state index contributed by atoms with van der Waals surface area (Å²) in [6.45, 7) is 5.53. The van der Waals surface area contributed by atoms with Gasteiger partial charge < -0.3 is 18.6 Å². The maximum absolute atomic E-state index is 12.3. The van der Waals surface area contributed by atoms with Crippen LogP contribution in [-0.2, 0) is 22.5 Å². The average molecular weight is 320 g/mol. The summed E-state index contributed by atoms with van der Waals surface area (Å²) in [6.07, 6.45) is 0.210. The second-order valence-corrected chi connectivity index (χ2v) is 5.40. The van der Waals surface area contributed by atoms with Crippen molar-refractivity contribution in [1.82, 2.24) is 10.1 Å². The zero-order chi connectivity index (χ0) is 17.1. The van der Waals surface area contributed by atoms with E-state index < -0.39 is 5.97 Å². The fourth-order valence-corrected chi connectivity index (χ4v) is 2.30. The first-order chi connectivity index (χ1) is 10.8. The fourth-order valence-electron chi connectivity index (χ4n) is 2.30. The van der Waals surface area contributed by atoms with E-state index in [0.717, 1.165) is 5.56 Å². The molecule has 7 heteroatoms. The highest BCUT2D eigenvalue weighted by Gasteiger charge is 2.20. The maximum Gasteiger partial charge on any atom is 0.341 e. The summed E-state index contributed by atoms with van der Waals surface area (Å²) in [5.74, 6) is 1.09. The number of aryl methyl sites for hydroxylation is 3. The van der Waals surface area contributed by atoms with Crippen molar-refractivity contribution in [3.8, 4) is 0 Å². The van der Waals surface area contributed by atoms with Gasteiger partial charge in [-0.15, -0.1) is 0 Å². The quantitative estimate of drug-likeness (QED) is 0.785. The third-order valence-corrected chi connectivity index (χ3v) is 3.70. The molecule has 0 saturated carbocycles. The molecule has 0 radical (unpaired) electrons. The van der Waals surface area contributed by atoms with Gasteiger partial charge in [-0.2, -0.15) is 0 Å². The highest BCUT2D eigenvalue weighted by molar-refractivity contribution is 5.90. The molecular formula is C16H20N2O5. The van der Waals surface area contributed by atoms with Crippen molar-refractivity contribution in [2.24, 2.45) is 0 Å². The number of furan rings is 1. The second-order valence-electron chi connectivity index (χ2n) is 5.40. The number of ether oxygens (including phenoxy) is 1. The minimum Gasteiger partial charge on any atom is -0.465 e. The van der Waals surface area contributed by atoms with Crippen molar-refractivity contribution in [2.75, 3.05) is 14.2 Å². The Morgan fingerprint density at radius 3 is 2.52 bits per heavy atom. The van der Waals surface area contributed by atoms with Crippen LogP contribution >= 0.6 is 0 Å². The van der Waals surface area contributed by atoms with E-state index in [2.05, 4.69) is 9.89 Å². The molecule has 0 spiro atoms. The third kappa shape index (κ3) is 3.61. The predicted molar refractivity (Wildman–Crippen MR) is 80.9 cm³/mol. The highest BCUT2D eigenvalue weighted by atomic mass is 16.5. The Labute approximate surface area is 134 Å². The number of likely N-dealkylation sites (N-methyl/N-ethyl adjacent to an activating group) is 1. The summed E-state index contributed by atoms with van der Waals surface area (Å²) in [6, 6.07) is 1.60. The van der Waals surface area contributed by atoms with E-state index in [9.17, 15) is 9.59 Å². The molecule has 0 atom stereocenters. The lowest BCUT2D eigenvalue weighted by Gasteiger charge is -2.15. The molecule has 0 aliphatic rings. The Hall–Kier alpha value is -2.57. The van der Waals surface area contributed by atoms with E-state index in [0.29, 0.717) is 28.5 Å². The second kappa shape index (κ2) is 6.68. The van der Waals surface area contributed by atoms with Crippen molar-refractivity contribution < 1.29 is 23.3 Å². The molecule has 7 nitrogen and oxygen atoms in total. The van der Waals surface area contributed by atoms with Crippen LogP contribution in [0.2, 0.25) is 0 Å². The zero-order valence-electron chi connectivity index (χ0n) is 13.9. The van der Waals surface area contributed by atoms with Gasteiger partial charge in [0.1, 0.15) is 22.8 Å². The van der Waals surface area contributed by atoms with E-state index in [1.54, 1.807) is 33.9 Å². The molecule has 0 aliphatic heterocycles. The minimum absolute atomic E-state index is 0.0897. The number of esters is 1. The van der Waals surface area contributed by atoms with Crippen LogP contribution < -0.4 is 0 Å². The number of hydrogen-bond acceptors (Lipinski definition) is 6. The largest absolute Gasteiger partial charge is 0.465 e. The number of hydrogen-bond donors (Lipinski definition) is 0. The van der Waals surface area contributed by atoms with Crippen molar-refractivity contribution in [2.45, 2.75) is 33.7 Å². The molecule has 0 aromatic carbocycles. The van der Waals surface area contributed by atoms with Crippen LogP contribution in [0.1, 0.15) is 38.9 Å². The number of rotatable bonds is 5. The van der Waals surface area contributed by atoms with Gasteiger partial charge in [0.05, 0.1) is 25.8 Å². The third-order valence-electron chi connectivity index (χ3n) is 3.70. The monoisotopic (exact) mass is 320 g/mol. The number of carbonyl (C=O) groups is 2. The van der Waals surface area contributed by atoms with Gasteiger partial charge in [-0.3, -0.25) is 4.79 Å². The number of carbonyl (C=O) groups excluding carboxylic acids is 2. The van der Waals surface area contributed by atoms with Crippen LogP contribution in [0.5, 0.6) is 0 Å². The van der Waals surface area contributed by atoms with Crippen LogP contribution in [-0.4, -0.2) is 36.1 Å². The number of amides is 1. The Morgan fingerprint density at radius 1 is 1.26 bits per heavy atom. The molecule has 1 amide bonds. The number of aromatic nitrogens is 1. The molecule has 0 saturated heterocycles. The van der Waals surface area contributed by atoms with Crippen molar-refractivity contribution >= 4 is 11.9 Å². The number of nitrogens with zero attached hydrogens (tertiary/aromatic N) is 2. The molecule has 0 unspecified atom stereocenters. The summed E-state index contributed by atoms with van der Waals surface area (Å²) in [5, 5.41) is 3.84. The van der Waals surface area contributed by atoms with Crippen molar-refractivity contribution in [3.63, 3.8) is 0 Å². The van der Waals surface area contributed by atoms with Gasteiger partial charge in [-0.25, -0.2) is 4.79 Å². The van der Waals surface area contributed by atoms with E-state index in [4.69, 9.17) is 8.94 Å². The van der Waals surface area contributed by atoms with Crippen LogP contribution in [0.25, 0.3) is 0 Å². The first kappa shape index (κ1) is 16.8. The van der Waals surface area contributed by atoms with Crippen LogP contribution in [0.4, 0.5) is 0 Å². The molecule has 2 heterocycles. The average Bonchev–Trinajstić information content (AvgIpc) is 3.03. The van der Waals surface area contributed by atoms with Crippen LogP contribution in [0, 0.1) is 20.8 Å². The first-order valence-corrected chi connectivity index (χ1v) is 7.16. The topological polar surface area (TPSA) is 85.8 Å². The lowest BCUT2D eigenvalue weighted by atomic mass is 10.1. The van der Waals surface area contributed by atoms with Gasteiger partial charge >= 0.3 is 5.97 Å². The van der Waals surface area contributed by atoms with Gasteiger partial charge in [0.2, 0.25) is 5.91 Å². The Bertz CT molecular complexity index is 709. The summed E-state index contributed by atoms with van der Waals surface area (Å²) in [7, 11) is 2.99. The maximum atomic E-state index is 12.3. The molecule has 2 aromatic rings. The van der Waals surface area contributed by atoms with Gasteiger partial charge in [0.15, 0.2) is 0 Å². The Morgan fingerprint density at radius 2 is 1.96 bits per heavy atom. The van der Waals surface area contributed by atoms with E-state index in [-0.39, 0.29) is 18.9 Å². The molecule has 0 fully saturated rings. The molecule has 0 N–H and O–H groups in total. The molecular weight excluding hydrogens is 300 g/mol. The molecule has 124 valence electrons. The van der Waals surface area contributed by atoms with Crippen LogP contribution in [0.15, 0.2) is 15.0 Å². The van der Waals surface area contributed by atoms with E-state index >= 15 is 0 Å². The van der Waals surface area contributed by atoms with Gasteiger partial charge in [-0.1, -0.05) is 5.16 Å². The molecule has 23 heavy (non-hydrogen) atoms. The Kier molecular flexibility index (Phi) is 4.88. The molecule has 2 rings (SSSR count). The molecule has 0 bridgehead atoms. The summed E-state index contributed by atoms with van der Waals surface area (Å²) >= 11 is 0. The molecule has 2 aromatic heterocycles. The van der Waals surface area contributed by atoms with Gasteiger partial charge in [-0.05, 0) is 26.8 Å². The highest BCUT2D eigenvalue weighted by Crippen LogP contribution is 2.18. The lowest BCUT2D eigenvalue weighted by Crippen LogP contribution is -2.27. The summed E-state index contributed by atoms with van der Waals surface area (Å²) < 4.78 is 15.3. The van der Waals surface area contributed by atoms with Gasteiger partial charge in [0, 0.05) is 12.6 Å². The normalized spacial score (nSPS) is 10.7. The fraction of sp³-hybridized carbons (Fsp3) is 0.438. The van der Waals surface area contributed by atoms with Crippen LogP contribution in [0.3, 0.4) is 0 Å². The van der Waals surface area contributed by atoms with Crippen molar-refractivity contribution in [1.29, 1.82) is 0 Å². The number of methoxy groups -OCH3 is 1. The minimum atomic E-state index is -0.456. The van der Waals surface area contributed by atoms with E-state index in [1.165, 1.54) is 12.0 Å². The smallest absolute Gasteiger partial charge is 0.341 e. The predicted octanol–water partition coefficient (Wildman–Crippen LogP) is 2.18. The standard InChI is InChI=1S/C16H20N2O5/c1-9-13(11(3)23-17-9)7-15(19)18(4)8-12-6-14(10(2)22-12)16(20)21-5/h6H,7-8H2,1-5H3. The van der Waals surface area contributed by atoms with Crippen molar-refractivity contribution in [3.05, 3.63) is 40.2 Å². The van der Waals surface area contributed by atoms with E-state index in [1.807, 2.05) is 0 Å². The first-order valence-electron chi connectivity index (χ1n) is 7.16. The lowest BCUT2D eigenvalue weighted by molar-refractivity contribution is -0.129. The van der Waals surface area contributed by atoms with Gasteiger partial charge in [0.25, 0.3) is 0 Å². The molecule has 0 aliphatic carbocycles. The summed E-state index contributed by atoms with van der Waals surface area (Å²) in [4.78, 5) is 25.4. The Balaban J connectivity index is 2.05. The SMILES string of the molecule is COC(=O)c1cc(CN(C)C(=O)Cc2c(C)noc2C)oc1C.